The van der Waals surface area contributed by atoms with E-state index in [-0.39, 0.29) is 17.6 Å². The molecule has 0 bridgehead atoms. The van der Waals surface area contributed by atoms with Gasteiger partial charge in [-0.05, 0) is 46.4 Å². The van der Waals surface area contributed by atoms with Crippen molar-refractivity contribution in [2.75, 3.05) is 0 Å². The van der Waals surface area contributed by atoms with Gasteiger partial charge in [0, 0.05) is 27.0 Å². The molecule has 1 atom stereocenters. The van der Waals surface area contributed by atoms with E-state index in [1.807, 2.05) is 54.6 Å². The maximum atomic E-state index is 10.5. The number of allylic oxidation sites excluding steroid dienone is 1. The summed E-state index contributed by atoms with van der Waals surface area (Å²) in [6.45, 7) is 0. The normalized spacial score (nSPS) is 15.7. The van der Waals surface area contributed by atoms with Crippen molar-refractivity contribution < 1.29 is 9.84 Å². The number of halogens is 1. The van der Waals surface area contributed by atoms with Crippen molar-refractivity contribution in [3.05, 3.63) is 98.4 Å². The number of hydrogen-bond acceptors (Lipinski definition) is 5. The van der Waals surface area contributed by atoms with E-state index in [4.69, 9.17) is 10.5 Å². The van der Waals surface area contributed by atoms with E-state index in [1.165, 1.54) is 6.07 Å². The van der Waals surface area contributed by atoms with Crippen LogP contribution in [0.1, 0.15) is 22.6 Å². The molecule has 29 heavy (non-hydrogen) atoms. The molecule has 0 aromatic heterocycles. The summed E-state index contributed by atoms with van der Waals surface area (Å²) in [6.07, 6.45) is 1.61. The molecule has 3 N–H and O–H groups in total. The molecule has 5 nitrogen and oxygen atoms in total. The number of hydrogen-bond donors (Lipinski definition) is 2. The van der Waals surface area contributed by atoms with Gasteiger partial charge in [-0.15, -0.1) is 0 Å². The number of nitrogens with two attached hydrogens (primary N) is 1. The number of rotatable bonds is 3. The molecule has 0 amide bonds. The Balaban J connectivity index is 1.83. The lowest BCUT2D eigenvalue weighted by Gasteiger charge is -2.27. The fraction of sp³-hybridized carbons (Fsp3) is 0.0435. The van der Waals surface area contributed by atoms with E-state index in [0.717, 1.165) is 20.4 Å². The number of aliphatic imine (C=N–C) groups is 1. The van der Waals surface area contributed by atoms with Crippen LogP contribution in [0.3, 0.4) is 0 Å². The minimum atomic E-state index is -0.380. The predicted molar refractivity (Wildman–Crippen MR) is 120 cm³/mol. The van der Waals surface area contributed by atoms with Crippen LogP contribution in [0.4, 0.5) is 5.69 Å². The highest BCUT2D eigenvalue weighted by atomic mass is 127. The highest BCUT2D eigenvalue weighted by Crippen LogP contribution is 2.44. The second-order valence-electron chi connectivity index (χ2n) is 6.49. The van der Waals surface area contributed by atoms with Crippen molar-refractivity contribution in [1.82, 2.24) is 0 Å². The lowest BCUT2D eigenvalue weighted by atomic mass is 9.83. The first-order valence-electron chi connectivity index (χ1n) is 8.86. The van der Waals surface area contributed by atoms with Crippen LogP contribution in [-0.4, -0.2) is 11.3 Å². The van der Waals surface area contributed by atoms with Gasteiger partial charge in [-0.1, -0.05) is 42.5 Å². The Morgan fingerprint density at radius 2 is 1.83 bits per heavy atom. The number of phenols is 1. The number of benzene rings is 3. The third-order valence-electron chi connectivity index (χ3n) is 4.69. The molecule has 0 radical (unpaired) electrons. The average Bonchev–Trinajstić information content (AvgIpc) is 2.73. The van der Waals surface area contributed by atoms with E-state index in [0.29, 0.717) is 16.9 Å². The topological polar surface area (TPSA) is 91.6 Å². The highest BCUT2D eigenvalue weighted by molar-refractivity contribution is 14.1. The minimum absolute atomic E-state index is 0.0264. The first kappa shape index (κ1) is 19.0. The molecule has 3 aromatic rings. The van der Waals surface area contributed by atoms with Gasteiger partial charge in [0.15, 0.2) is 0 Å². The molecule has 0 spiro atoms. The average molecular weight is 493 g/mol. The van der Waals surface area contributed by atoms with E-state index in [2.05, 4.69) is 33.7 Å². The lowest BCUT2D eigenvalue weighted by molar-refractivity contribution is 0.388. The molecule has 0 saturated carbocycles. The van der Waals surface area contributed by atoms with Gasteiger partial charge in [0.25, 0.3) is 0 Å². The summed E-state index contributed by atoms with van der Waals surface area (Å²) >= 11 is 2.21. The van der Waals surface area contributed by atoms with Crippen LogP contribution in [-0.2, 0) is 0 Å². The van der Waals surface area contributed by atoms with Crippen molar-refractivity contribution >= 4 is 34.5 Å². The van der Waals surface area contributed by atoms with Gasteiger partial charge in [0.2, 0.25) is 5.88 Å². The van der Waals surface area contributed by atoms with Crippen LogP contribution >= 0.6 is 22.6 Å². The SMILES string of the molecule is N#CC1=C(N)Oc2cc(O)c(C=Nc3ccccc3I)cc2[C@@H]1c1ccccc1. The summed E-state index contributed by atoms with van der Waals surface area (Å²) in [6, 6.07) is 22.8. The van der Waals surface area contributed by atoms with E-state index in [9.17, 15) is 10.4 Å². The number of nitrogens with zero attached hydrogens (tertiary/aromatic N) is 2. The van der Waals surface area contributed by atoms with Gasteiger partial charge in [-0.25, -0.2) is 0 Å². The van der Waals surface area contributed by atoms with Crippen LogP contribution in [0.5, 0.6) is 11.5 Å². The fourth-order valence-electron chi connectivity index (χ4n) is 3.30. The summed E-state index contributed by atoms with van der Waals surface area (Å²) in [7, 11) is 0. The molecule has 6 heteroatoms. The van der Waals surface area contributed by atoms with Crippen LogP contribution in [0.2, 0.25) is 0 Å². The highest BCUT2D eigenvalue weighted by Gasteiger charge is 2.31. The Labute approximate surface area is 181 Å². The van der Waals surface area contributed by atoms with Gasteiger partial charge >= 0.3 is 0 Å². The first-order chi connectivity index (χ1) is 14.1. The summed E-state index contributed by atoms with van der Waals surface area (Å²) in [4.78, 5) is 4.50. The third kappa shape index (κ3) is 3.69. The molecule has 142 valence electrons. The molecule has 1 heterocycles. The molecule has 3 aromatic carbocycles. The summed E-state index contributed by atoms with van der Waals surface area (Å²) in [5.41, 5.74) is 9.35. The van der Waals surface area contributed by atoms with Crippen molar-refractivity contribution in [3.8, 4) is 17.6 Å². The summed E-state index contributed by atoms with van der Waals surface area (Å²) in [5, 5.41) is 20.2. The fourth-order valence-corrected chi connectivity index (χ4v) is 3.83. The van der Waals surface area contributed by atoms with Gasteiger partial charge in [0.1, 0.15) is 23.1 Å². The van der Waals surface area contributed by atoms with Crippen molar-refractivity contribution in [3.63, 3.8) is 0 Å². The van der Waals surface area contributed by atoms with E-state index in [1.54, 1.807) is 12.3 Å². The Bertz CT molecular complexity index is 1180. The number of nitriles is 1. The number of para-hydroxylation sites is 1. The maximum Gasteiger partial charge on any atom is 0.205 e. The van der Waals surface area contributed by atoms with Gasteiger partial charge < -0.3 is 15.6 Å². The Morgan fingerprint density at radius 3 is 2.55 bits per heavy atom. The van der Waals surface area contributed by atoms with Crippen LogP contribution in [0.25, 0.3) is 0 Å². The van der Waals surface area contributed by atoms with Crippen LogP contribution in [0, 0.1) is 14.9 Å². The van der Waals surface area contributed by atoms with Crippen LogP contribution < -0.4 is 10.5 Å². The molecule has 4 rings (SSSR count). The zero-order chi connectivity index (χ0) is 20.4. The van der Waals surface area contributed by atoms with E-state index < -0.39 is 0 Å². The maximum absolute atomic E-state index is 10.5. The minimum Gasteiger partial charge on any atom is -0.507 e. The monoisotopic (exact) mass is 493 g/mol. The molecule has 0 saturated heterocycles. The molecule has 0 aliphatic carbocycles. The Hall–Kier alpha value is -3.31. The lowest BCUT2D eigenvalue weighted by Crippen LogP contribution is -2.21. The first-order valence-corrected chi connectivity index (χ1v) is 9.94. The standard InChI is InChI=1S/C23H16IN3O2/c24-18-8-4-5-9-19(18)27-13-15-10-16-21(11-20(15)28)29-23(26)17(12-25)22(16)14-6-2-1-3-7-14/h1-11,13,22,28H,26H2/t22-/m0/s1. The third-order valence-corrected chi connectivity index (χ3v) is 5.60. The zero-order valence-corrected chi connectivity index (χ0v) is 17.4. The zero-order valence-electron chi connectivity index (χ0n) is 15.2. The number of aromatic hydroxyl groups is 1. The second kappa shape index (κ2) is 7.97. The quantitative estimate of drug-likeness (QED) is 0.399. The van der Waals surface area contributed by atoms with Gasteiger partial charge in [-0.2, -0.15) is 5.26 Å². The Kier molecular flexibility index (Phi) is 5.23. The molecular formula is C23H16IN3O2. The van der Waals surface area contributed by atoms with Crippen molar-refractivity contribution in [2.45, 2.75) is 5.92 Å². The molecule has 1 aliphatic heterocycles. The van der Waals surface area contributed by atoms with E-state index >= 15 is 0 Å². The van der Waals surface area contributed by atoms with Crippen molar-refractivity contribution in [1.29, 1.82) is 5.26 Å². The Morgan fingerprint density at radius 1 is 1.10 bits per heavy atom. The second-order valence-corrected chi connectivity index (χ2v) is 7.66. The summed E-state index contributed by atoms with van der Waals surface area (Å²) in [5.74, 6) is 0.126. The summed E-state index contributed by atoms with van der Waals surface area (Å²) < 4.78 is 6.64. The van der Waals surface area contributed by atoms with Gasteiger partial charge in [-0.3, -0.25) is 4.99 Å². The largest absolute Gasteiger partial charge is 0.507 e. The molecule has 1 aliphatic rings. The predicted octanol–water partition coefficient (Wildman–Crippen LogP) is 4.97. The number of ether oxygens (including phenoxy) is 1. The number of fused-ring (bicyclic) bond motifs is 1. The molecule has 0 unspecified atom stereocenters. The van der Waals surface area contributed by atoms with Crippen molar-refractivity contribution in [2.24, 2.45) is 10.7 Å². The smallest absolute Gasteiger partial charge is 0.205 e. The van der Waals surface area contributed by atoms with Gasteiger partial charge in [0.05, 0.1) is 11.6 Å². The molecular weight excluding hydrogens is 477 g/mol. The van der Waals surface area contributed by atoms with Crippen LogP contribution in [0.15, 0.2) is 83.2 Å². The number of phenolic OH excluding ortho intramolecular Hbond substituents is 1. The molecule has 0 fully saturated rings.